The molecule has 1 aliphatic rings. The number of carboxylic acid groups (broad SMARTS) is 1. The Labute approximate surface area is 139 Å². The normalized spacial score (nSPS) is 15.4. The number of aromatic amines is 1. The number of nitrogens with one attached hydrogen (secondary N) is 1. The predicted molar refractivity (Wildman–Crippen MR) is 88.9 cm³/mol. The molecule has 0 saturated heterocycles. The minimum absolute atomic E-state index is 0.240. The molecule has 0 radical (unpaired) electrons. The lowest BCUT2D eigenvalue weighted by Gasteiger charge is -2.28. The fraction of sp³-hybridized carbons (Fsp3) is 0.278. The van der Waals surface area contributed by atoms with Crippen molar-refractivity contribution in [2.24, 2.45) is 5.41 Å². The number of carboxylic acids is 1. The van der Waals surface area contributed by atoms with Crippen molar-refractivity contribution in [2.75, 3.05) is 7.05 Å². The predicted octanol–water partition coefficient (Wildman–Crippen LogP) is 2.46. The molecule has 6 nitrogen and oxygen atoms in total. The van der Waals surface area contributed by atoms with Crippen LogP contribution >= 0.6 is 0 Å². The molecule has 0 spiro atoms. The summed E-state index contributed by atoms with van der Waals surface area (Å²) in [5.41, 5.74) is 1.17. The minimum atomic E-state index is -1.36. The number of allylic oxidation sites excluding steroid dienone is 2. The van der Waals surface area contributed by atoms with Crippen molar-refractivity contribution in [1.82, 2.24) is 15.1 Å². The molecule has 6 heteroatoms. The van der Waals surface area contributed by atoms with Crippen molar-refractivity contribution in [1.29, 1.82) is 0 Å². The molecule has 0 atom stereocenters. The molecule has 124 valence electrons. The van der Waals surface area contributed by atoms with E-state index in [4.69, 9.17) is 0 Å². The second kappa shape index (κ2) is 6.31. The van der Waals surface area contributed by atoms with Gasteiger partial charge in [0.1, 0.15) is 0 Å². The molecule has 2 N–H and O–H groups in total. The minimum Gasteiger partial charge on any atom is -0.480 e. The van der Waals surface area contributed by atoms with Crippen molar-refractivity contribution in [2.45, 2.75) is 19.4 Å². The van der Waals surface area contributed by atoms with Gasteiger partial charge in [-0.25, -0.2) is 0 Å². The summed E-state index contributed by atoms with van der Waals surface area (Å²) in [7, 11) is 1.62. The van der Waals surface area contributed by atoms with Gasteiger partial charge in [0.2, 0.25) is 5.91 Å². The summed E-state index contributed by atoms with van der Waals surface area (Å²) in [4.78, 5) is 25.7. The van der Waals surface area contributed by atoms with Gasteiger partial charge in [0.05, 0.1) is 17.9 Å². The molecule has 0 aliphatic heterocycles. The Balaban J connectivity index is 1.73. The van der Waals surface area contributed by atoms with Crippen LogP contribution in [0.25, 0.3) is 11.3 Å². The third-order valence-corrected chi connectivity index (χ3v) is 4.37. The fourth-order valence-electron chi connectivity index (χ4n) is 2.99. The molecular formula is C18H19N3O3. The molecular weight excluding hydrogens is 306 g/mol. The van der Waals surface area contributed by atoms with Crippen molar-refractivity contribution >= 4 is 11.9 Å². The van der Waals surface area contributed by atoms with Gasteiger partial charge >= 0.3 is 5.97 Å². The van der Waals surface area contributed by atoms with Gasteiger partial charge in [-0.1, -0.05) is 42.5 Å². The van der Waals surface area contributed by atoms with Crippen molar-refractivity contribution in [3.8, 4) is 11.3 Å². The first kappa shape index (κ1) is 16.0. The number of rotatable bonds is 5. The van der Waals surface area contributed by atoms with Gasteiger partial charge in [0.15, 0.2) is 5.41 Å². The second-order valence-corrected chi connectivity index (χ2v) is 6.07. The molecule has 0 bridgehead atoms. The maximum absolute atomic E-state index is 12.7. The summed E-state index contributed by atoms with van der Waals surface area (Å²) in [5.74, 6) is -1.45. The summed E-state index contributed by atoms with van der Waals surface area (Å²) in [6.45, 7) is 0.285. The highest BCUT2D eigenvalue weighted by molar-refractivity contribution is 6.02. The van der Waals surface area contributed by atoms with Gasteiger partial charge in [-0.3, -0.25) is 14.7 Å². The number of nitrogens with zero attached hydrogens (tertiary/aromatic N) is 2. The number of hydrogen-bond donors (Lipinski definition) is 2. The van der Waals surface area contributed by atoms with E-state index in [0.717, 1.165) is 17.0 Å². The van der Waals surface area contributed by atoms with Crippen molar-refractivity contribution < 1.29 is 14.7 Å². The molecule has 1 aliphatic carbocycles. The Kier molecular flexibility index (Phi) is 4.20. The van der Waals surface area contributed by atoms with Crippen LogP contribution < -0.4 is 0 Å². The molecule has 1 heterocycles. The average molecular weight is 325 g/mol. The molecule has 24 heavy (non-hydrogen) atoms. The van der Waals surface area contributed by atoms with Crippen LogP contribution in [0.4, 0.5) is 0 Å². The van der Waals surface area contributed by atoms with Crippen LogP contribution in [0.2, 0.25) is 0 Å². The highest BCUT2D eigenvalue weighted by Crippen LogP contribution is 2.35. The van der Waals surface area contributed by atoms with Gasteiger partial charge in [-0.15, -0.1) is 0 Å². The van der Waals surface area contributed by atoms with Gasteiger partial charge < -0.3 is 10.0 Å². The lowest BCUT2D eigenvalue weighted by Crippen LogP contribution is -2.45. The lowest BCUT2D eigenvalue weighted by molar-refractivity contribution is -0.159. The summed E-state index contributed by atoms with van der Waals surface area (Å²) in [6.07, 6.45) is 3.99. The van der Waals surface area contributed by atoms with E-state index in [1.807, 2.05) is 36.4 Å². The van der Waals surface area contributed by atoms with Crippen LogP contribution in [0.5, 0.6) is 0 Å². The molecule has 3 rings (SSSR count). The molecule has 0 saturated carbocycles. The number of carbonyl (C=O) groups is 2. The number of hydrogen-bond acceptors (Lipinski definition) is 3. The zero-order valence-electron chi connectivity index (χ0n) is 13.4. The Morgan fingerprint density at radius 1 is 1.25 bits per heavy atom. The lowest BCUT2D eigenvalue weighted by atomic mass is 9.84. The van der Waals surface area contributed by atoms with Crippen LogP contribution in [-0.2, 0) is 16.1 Å². The van der Waals surface area contributed by atoms with Crippen LogP contribution in [0.15, 0.2) is 48.6 Å². The van der Waals surface area contributed by atoms with Gasteiger partial charge in [-0.05, 0) is 18.9 Å². The third kappa shape index (κ3) is 2.82. The van der Waals surface area contributed by atoms with Gasteiger partial charge in [0, 0.05) is 12.6 Å². The number of benzene rings is 1. The zero-order chi connectivity index (χ0) is 17.2. The first-order valence-corrected chi connectivity index (χ1v) is 7.76. The molecule has 1 amide bonds. The average Bonchev–Trinajstić information content (AvgIpc) is 3.25. The smallest absolute Gasteiger partial charge is 0.319 e. The molecule has 1 aromatic carbocycles. The van der Waals surface area contributed by atoms with Crippen LogP contribution in [0.1, 0.15) is 18.5 Å². The van der Waals surface area contributed by atoms with Crippen LogP contribution in [-0.4, -0.2) is 39.1 Å². The number of H-pyrrole nitrogens is 1. The van der Waals surface area contributed by atoms with Crippen LogP contribution in [0.3, 0.4) is 0 Å². The highest BCUT2D eigenvalue weighted by Gasteiger charge is 2.47. The Hall–Kier alpha value is -2.89. The van der Waals surface area contributed by atoms with E-state index in [-0.39, 0.29) is 25.3 Å². The largest absolute Gasteiger partial charge is 0.480 e. The number of carbonyl (C=O) groups excluding carboxylic acids is 1. The number of aliphatic carboxylic acids is 1. The number of aromatic nitrogens is 2. The van der Waals surface area contributed by atoms with E-state index in [0.29, 0.717) is 0 Å². The summed E-state index contributed by atoms with van der Waals surface area (Å²) in [5, 5.41) is 16.7. The Morgan fingerprint density at radius 2 is 1.92 bits per heavy atom. The molecule has 2 aromatic rings. The summed E-state index contributed by atoms with van der Waals surface area (Å²) < 4.78 is 0. The second-order valence-electron chi connectivity index (χ2n) is 6.07. The van der Waals surface area contributed by atoms with E-state index in [1.54, 1.807) is 19.2 Å². The first-order chi connectivity index (χ1) is 11.5. The topological polar surface area (TPSA) is 86.3 Å². The molecule has 0 fully saturated rings. The summed E-state index contributed by atoms with van der Waals surface area (Å²) >= 11 is 0. The van der Waals surface area contributed by atoms with Crippen molar-refractivity contribution in [3.63, 3.8) is 0 Å². The van der Waals surface area contributed by atoms with Gasteiger partial charge in [-0.2, -0.15) is 5.10 Å². The monoisotopic (exact) mass is 325 g/mol. The van der Waals surface area contributed by atoms with E-state index in [2.05, 4.69) is 10.2 Å². The van der Waals surface area contributed by atoms with E-state index in [1.165, 1.54) is 4.90 Å². The highest BCUT2D eigenvalue weighted by atomic mass is 16.4. The Bertz CT molecular complexity index is 772. The standard InChI is InChI=1S/C18H19N3O3/c1-21(16(22)18(17(23)24)9-5-6-10-18)12-14-11-15(20-19-14)13-7-3-2-4-8-13/h2-8,11H,9-10,12H2,1H3,(H,19,20)(H,23,24). The quantitative estimate of drug-likeness (QED) is 0.653. The zero-order valence-corrected chi connectivity index (χ0v) is 13.4. The first-order valence-electron chi connectivity index (χ1n) is 7.76. The fourth-order valence-corrected chi connectivity index (χ4v) is 2.99. The van der Waals surface area contributed by atoms with E-state index < -0.39 is 11.4 Å². The van der Waals surface area contributed by atoms with E-state index in [9.17, 15) is 14.7 Å². The van der Waals surface area contributed by atoms with Crippen LogP contribution in [0, 0.1) is 5.41 Å². The van der Waals surface area contributed by atoms with E-state index >= 15 is 0 Å². The SMILES string of the molecule is CN(Cc1cc(-c2ccccc2)n[nH]1)C(=O)C1(C(=O)O)CC=CC1. The maximum atomic E-state index is 12.7. The maximum Gasteiger partial charge on any atom is 0.319 e. The van der Waals surface area contributed by atoms with Gasteiger partial charge in [0.25, 0.3) is 0 Å². The molecule has 1 aromatic heterocycles. The molecule has 0 unspecified atom stereocenters. The Morgan fingerprint density at radius 3 is 2.54 bits per heavy atom. The number of amides is 1. The van der Waals surface area contributed by atoms with Crippen molar-refractivity contribution in [3.05, 3.63) is 54.2 Å². The third-order valence-electron chi connectivity index (χ3n) is 4.37. The summed E-state index contributed by atoms with van der Waals surface area (Å²) in [6, 6.07) is 11.6.